The quantitative estimate of drug-likeness (QED) is 0.299. The van der Waals surface area contributed by atoms with Gasteiger partial charge in [-0.1, -0.05) is 65.0 Å². The number of hydrogen-bond donors (Lipinski definition) is 1. The fourth-order valence-corrected chi connectivity index (χ4v) is 8.22. The zero-order valence-electron chi connectivity index (χ0n) is 22.0. The number of carbonyl (C=O) groups is 3. The first kappa shape index (κ1) is 27.3. The van der Waals surface area contributed by atoms with Gasteiger partial charge in [0.05, 0.1) is 23.7 Å². The van der Waals surface area contributed by atoms with Crippen LogP contribution in [0.5, 0.6) is 5.75 Å². The molecule has 1 saturated heterocycles. The molecular weight excluding hydrogens is 582 g/mol. The molecule has 1 N–H and O–H groups in total. The van der Waals surface area contributed by atoms with Crippen LogP contribution in [0.3, 0.4) is 0 Å². The summed E-state index contributed by atoms with van der Waals surface area (Å²) in [5.41, 5.74) is 2.77. The van der Waals surface area contributed by atoms with Crippen molar-refractivity contribution in [2.24, 2.45) is 5.92 Å². The fourth-order valence-electron chi connectivity index (χ4n) is 5.32. The summed E-state index contributed by atoms with van der Waals surface area (Å²) in [6, 6.07) is 21.2. The van der Waals surface area contributed by atoms with Crippen LogP contribution in [0.2, 0.25) is 5.02 Å². The highest BCUT2D eigenvalue weighted by atomic mass is 35.5. The van der Waals surface area contributed by atoms with Crippen LogP contribution in [-0.4, -0.2) is 34.6 Å². The Morgan fingerprint density at radius 3 is 2.37 bits per heavy atom. The number of ether oxygens (including phenoxy) is 1. The fraction of sp³-hybridized carbons (Fsp3) is 0.200. The number of aryl methyl sites for hydroxylation is 1. The highest BCUT2D eigenvalue weighted by Crippen LogP contribution is 2.54. The number of hydrogen-bond acceptors (Lipinski definition) is 7. The summed E-state index contributed by atoms with van der Waals surface area (Å²) in [5.74, 6) is -1.73. The first-order valence-corrected chi connectivity index (χ1v) is 14.9. The van der Waals surface area contributed by atoms with Crippen LogP contribution in [0.15, 0.2) is 82.6 Å². The average molecular weight is 606 g/mol. The highest BCUT2D eigenvalue weighted by molar-refractivity contribution is 8.00. The van der Waals surface area contributed by atoms with Crippen LogP contribution in [0.4, 0.5) is 11.4 Å². The molecule has 8 nitrogen and oxygen atoms in total. The molecule has 6 rings (SSSR count). The van der Waals surface area contributed by atoms with Gasteiger partial charge in [0.2, 0.25) is 17.7 Å². The minimum absolute atomic E-state index is 0.220. The third kappa shape index (κ3) is 4.86. The second-order valence-electron chi connectivity index (χ2n) is 9.79. The molecular formula is C30H24ClN3O5S2. The van der Waals surface area contributed by atoms with Crippen molar-refractivity contribution in [3.05, 3.63) is 103 Å². The molecule has 0 saturated carbocycles. The molecule has 11 heteroatoms. The number of para-hydroxylation sites is 1. The molecule has 2 aliphatic heterocycles. The number of fused-ring (bicyclic) bond motifs is 2. The normalized spacial score (nSPS) is 19.6. The van der Waals surface area contributed by atoms with Crippen LogP contribution >= 0.6 is 34.7 Å². The lowest BCUT2D eigenvalue weighted by atomic mass is 9.83. The highest BCUT2D eigenvalue weighted by Gasteiger charge is 2.56. The number of halogens is 1. The van der Waals surface area contributed by atoms with E-state index in [4.69, 9.17) is 16.3 Å². The number of nitrogens with zero attached hydrogens (tertiary/aromatic N) is 2. The number of amides is 3. The molecule has 2 unspecified atom stereocenters. The Labute approximate surface area is 248 Å². The SMILES string of the molecule is COc1ccc([C@H]2c3sc(=O)n(CC(=O)Nc4ccccc4C)c3SC3C(=O)N(c4ccc(Cl)cc4)C(=O)C32)cc1. The van der Waals surface area contributed by atoms with Crippen molar-refractivity contribution in [2.75, 3.05) is 17.3 Å². The molecule has 1 aromatic heterocycles. The summed E-state index contributed by atoms with van der Waals surface area (Å²) >= 11 is 8.24. The lowest BCUT2D eigenvalue weighted by molar-refractivity contribution is -0.122. The molecule has 0 bridgehead atoms. The van der Waals surface area contributed by atoms with Crippen molar-refractivity contribution in [3.63, 3.8) is 0 Å². The average Bonchev–Trinajstić information content (AvgIpc) is 3.41. The molecule has 4 aromatic rings. The first-order valence-electron chi connectivity index (χ1n) is 12.8. The molecule has 3 amide bonds. The number of thioether (sulfide) groups is 1. The Morgan fingerprint density at radius 1 is 0.976 bits per heavy atom. The molecule has 0 radical (unpaired) electrons. The Hall–Kier alpha value is -3.86. The number of aromatic nitrogens is 1. The number of rotatable bonds is 6. The Morgan fingerprint density at radius 2 is 1.68 bits per heavy atom. The van der Waals surface area contributed by atoms with Crippen LogP contribution in [0.1, 0.15) is 21.9 Å². The molecule has 0 aliphatic carbocycles. The van der Waals surface area contributed by atoms with Crippen LogP contribution in [0.25, 0.3) is 0 Å². The van der Waals surface area contributed by atoms with Gasteiger partial charge in [-0.25, -0.2) is 4.90 Å². The first-order chi connectivity index (χ1) is 19.8. The van der Waals surface area contributed by atoms with Gasteiger partial charge in [-0.05, 0) is 60.5 Å². The van der Waals surface area contributed by atoms with Gasteiger partial charge in [0.25, 0.3) is 0 Å². The number of carbonyl (C=O) groups excluding carboxylic acids is 3. The van der Waals surface area contributed by atoms with Crippen molar-refractivity contribution < 1.29 is 19.1 Å². The van der Waals surface area contributed by atoms with Crippen molar-refractivity contribution in [1.29, 1.82) is 0 Å². The van der Waals surface area contributed by atoms with E-state index in [1.165, 1.54) is 21.2 Å². The number of nitrogens with one attached hydrogen (secondary N) is 1. The van der Waals surface area contributed by atoms with E-state index in [9.17, 15) is 19.2 Å². The molecule has 1 fully saturated rings. The minimum atomic E-state index is -0.780. The zero-order chi connectivity index (χ0) is 28.8. The number of benzene rings is 3. The van der Waals surface area contributed by atoms with Crippen molar-refractivity contribution in [1.82, 2.24) is 4.57 Å². The van der Waals surface area contributed by atoms with Gasteiger partial charge in [0.1, 0.15) is 17.5 Å². The van der Waals surface area contributed by atoms with Gasteiger partial charge < -0.3 is 10.1 Å². The summed E-state index contributed by atoms with van der Waals surface area (Å²) in [6.45, 7) is 1.67. The van der Waals surface area contributed by atoms with Gasteiger partial charge in [0.15, 0.2) is 0 Å². The predicted octanol–water partition coefficient (Wildman–Crippen LogP) is 5.31. The van der Waals surface area contributed by atoms with Crippen molar-refractivity contribution >= 4 is 63.8 Å². The second-order valence-corrected chi connectivity index (χ2v) is 12.3. The zero-order valence-corrected chi connectivity index (χ0v) is 24.4. The lowest BCUT2D eigenvalue weighted by Gasteiger charge is -2.30. The summed E-state index contributed by atoms with van der Waals surface area (Å²) in [5, 5.41) is 3.12. The van der Waals surface area contributed by atoms with E-state index in [1.807, 2.05) is 37.3 Å². The smallest absolute Gasteiger partial charge is 0.308 e. The summed E-state index contributed by atoms with van der Waals surface area (Å²) in [7, 11) is 1.57. The van der Waals surface area contributed by atoms with E-state index in [2.05, 4.69) is 5.32 Å². The maximum absolute atomic E-state index is 13.9. The van der Waals surface area contributed by atoms with Crippen molar-refractivity contribution in [2.45, 2.75) is 29.7 Å². The van der Waals surface area contributed by atoms with Crippen molar-refractivity contribution in [3.8, 4) is 5.75 Å². The van der Waals surface area contributed by atoms with Gasteiger partial charge in [0, 0.05) is 21.5 Å². The standard InChI is InChI=1S/C30H24ClN3O5S2/c1-16-5-3-4-6-21(16)32-22(35)15-33-29-26(41-30(33)38)23(17-7-13-20(39-2)14-8-17)24-25(40-29)28(37)34(27(24)36)19-11-9-18(31)10-12-19/h3-14,23-25H,15H2,1-2H3,(H,32,35)/t23-,24?,25?/m1/s1. The minimum Gasteiger partial charge on any atom is -0.497 e. The topological polar surface area (TPSA) is 97.7 Å². The Bertz CT molecular complexity index is 1730. The van der Waals surface area contributed by atoms with Gasteiger partial charge >= 0.3 is 4.87 Å². The van der Waals surface area contributed by atoms with E-state index >= 15 is 0 Å². The second kappa shape index (κ2) is 10.8. The van der Waals surface area contributed by atoms with E-state index in [0.717, 1.165) is 22.5 Å². The molecule has 0 spiro atoms. The number of anilines is 2. The molecule has 3 heterocycles. The van der Waals surface area contributed by atoms with E-state index in [1.54, 1.807) is 49.6 Å². The number of methoxy groups -OCH3 is 1. The maximum Gasteiger partial charge on any atom is 0.308 e. The van der Waals surface area contributed by atoms with Crippen LogP contribution in [0, 0.1) is 12.8 Å². The van der Waals surface area contributed by atoms with Gasteiger partial charge in [-0.3, -0.25) is 23.7 Å². The third-order valence-corrected chi connectivity index (χ3v) is 10.2. The summed E-state index contributed by atoms with van der Waals surface area (Å²) < 4.78 is 6.73. The molecule has 2 aliphatic rings. The predicted molar refractivity (Wildman–Crippen MR) is 160 cm³/mol. The molecule has 3 atom stereocenters. The van der Waals surface area contributed by atoms with Crippen LogP contribution < -0.4 is 19.8 Å². The van der Waals surface area contributed by atoms with E-state index in [-0.39, 0.29) is 29.1 Å². The van der Waals surface area contributed by atoms with E-state index < -0.39 is 17.1 Å². The van der Waals surface area contributed by atoms with Gasteiger partial charge in [-0.2, -0.15) is 0 Å². The Kier molecular flexibility index (Phi) is 7.23. The summed E-state index contributed by atoms with van der Waals surface area (Å²) in [4.78, 5) is 55.7. The number of imide groups is 1. The number of thiazole rings is 1. The molecule has 3 aromatic carbocycles. The molecule has 41 heavy (non-hydrogen) atoms. The largest absolute Gasteiger partial charge is 0.497 e. The lowest BCUT2D eigenvalue weighted by Crippen LogP contribution is -2.33. The third-order valence-electron chi connectivity index (χ3n) is 7.33. The Balaban J connectivity index is 1.41. The van der Waals surface area contributed by atoms with Crippen LogP contribution in [-0.2, 0) is 20.9 Å². The monoisotopic (exact) mass is 605 g/mol. The summed E-state index contributed by atoms with van der Waals surface area (Å²) in [6.07, 6.45) is 0. The maximum atomic E-state index is 13.9. The van der Waals surface area contributed by atoms with Gasteiger partial charge in [-0.15, -0.1) is 0 Å². The molecule has 208 valence electrons. The van der Waals surface area contributed by atoms with E-state index in [0.29, 0.717) is 32.1 Å².